The molecule has 1 aromatic rings. The molecule has 0 spiro atoms. The average Bonchev–Trinajstić information content (AvgIpc) is 3.38. The monoisotopic (exact) mass is 1110 g/mol. The number of hydrogen-bond acceptors (Lipinski definition) is 20. The molecule has 4 rings (SSSR count). The predicted molar refractivity (Wildman–Crippen MR) is 290 cm³/mol. The number of ether oxygens (including phenoxy) is 4. The molecule has 15 N–H and O–H groups in total. The number of Topliss-reactive ketones (excluding diaryl/α,β-unsaturated/α-hetero) is 2. The van der Waals surface area contributed by atoms with E-state index in [1.165, 1.54) is 13.0 Å². The van der Waals surface area contributed by atoms with Crippen molar-refractivity contribution in [1.29, 1.82) is 0 Å². The molecular weight excluding hydrogens is 1030 g/mol. The topological polar surface area (TPSA) is 380 Å². The Morgan fingerprint density at radius 3 is 1.85 bits per heavy atom. The van der Waals surface area contributed by atoms with Gasteiger partial charge in [0.25, 0.3) is 0 Å². The summed E-state index contributed by atoms with van der Waals surface area (Å²) in [5, 5.41) is 119. The number of cyclic esters (lactones) is 1. The molecule has 3 aliphatic rings. The molecular formula is C58H84N2O19. The third kappa shape index (κ3) is 23.1. The number of aliphatic hydroxyl groups excluding tert-OH is 9. The zero-order valence-electron chi connectivity index (χ0n) is 45.1. The van der Waals surface area contributed by atoms with Crippen molar-refractivity contribution in [1.82, 2.24) is 0 Å². The number of aliphatic carboxylic acids is 1. The highest BCUT2D eigenvalue weighted by Crippen LogP contribution is 2.38. The number of anilines is 1. The van der Waals surface area contributed by atoms with Crippen molar-refractivity contribution < 1.29 is 94.3 Å². The van der Waals surface area contributed by atoms with E-state index < -0.39 is 172 Å². The summed E-state index contributed by atoms with van der Waals surface area (Å²) in [7, 11) is 0. The third-order valence-electron chi connectivity index (χ3n) is 14.1. The number of nitrogen functional groups attached to an aromatic ring is 1. The Hall–Kier alpha value is -5.08. The number of carboxylic acid groups (broad SMARTS) is 1. The fourth-order valence-electron chi connectivity index (χ4n) is 9.90. The normalized spacial score (nSPS) is 35.6. The highest BCUT2D eigenvalue weighted by atomic mass is 16.7. The Labute approximate surface area is 461 Å². The number of rotatable bonds is 10. The molecule has 0 saturated carbocycles. The van der Waals surface area contributed by atoms with Crippen LogP contribution in [-0.4, -0.2) is 177 Å². The van der Waals surface area contributed by atoms with Crippen LogP contribution >= 0.6 is 0 Å². The molecule has 2 bridgehead atoms. The second kappa shape index (κ2) is 33.0. The Kier molecular flexibility index (Phi) is 27.7. The van der Waals surface area contributed by atoms with Crippen molar-refractivity contribution in [3.8, 4) is 0 Å². The van der Waals surface area contributed by atoms with E-state index in [1.807, 2.05) is 19.9 Å². The maximum atomic E-state index is 13.3. The molecule has 3 heterocycles. The molecule has 1 aromatic carbocycles. The average molecular weight is 1110 g/mol. The number of fused-ring (bicyclic) bond motifs is 2. The maximum Gasteiger partial charge on any atom is 0.311 e. The molecule has 0 unspecified atom stereocenters. The second-order valence-electron chi connectivity index (χ2n) is 21.2. The summed E-state index contributed by atoms with van der Waals surface area (Å²) in [6.45, 7) is 5.20. The SMILES string of the molecule is C[C@H](CC[C@H](O)CC(=O)c1ccc(N)cc1)[C@@H]1OC(=O)C[C@@H](O)CC(=O)C[C@@H](O)C[C@H](O)C[C@@H](O)C[C@@H](O)C[C@@]2(O)C[C@H](O)[C@@H](C(=O)O)[C@H](C[C@@H](O[C@H]3O[C@@H](C)[C@H](O)[C@H](N)[C@@H]3O)C=CC=CC=CC=CC=CC=CC=C[C@@H]1C)O2. The van der Waals surface area contributed by atoms with Crippen molar-refractivity contribution in [2.75, 3.05) is 5.73 Å². The van der Waals surface area contributed by atoms with E-state index in [-0.39, 0.29) is 36.9 Å². The lowest BCUT2D eigenvalue weighted by Gasteiger charge is -2.45. The van der Waals surface area contributed by atoms with Gasteiger partial charge in [-0.1, -0.05) is 98.9 Å². The van der Waals surface area contributed by atoms with E-state index in [4.69, 9.17) is 30.4 Å². The number of esters is 1. The molecule has 2 fully saturated rings. The number of nitrogens with two attached hydrogens (primary N) is 2. The van der Waals surface area contributed by atoms with Crippen molar-refractivity contribution in [3.63, 3.8) is 0 Å². The third-order valence-corrected chi connectivity index (χ3v) is 14.1. The Balaban J connectivity index is 1.54. The minimum absolute atomic E-state index is 0.128. The zero-order valence-corrected chi connectivity index (χ0v) is 45.1. The molecule has 3 aliphatic heterocycles. The minimum Gasteiger partial charge on any atom is -0.481 e. The largest absolute Gasteiger partial charge is 0.481 e. The number of ketones is 2. The summed E-state index contributed by atoms with van der Waals surface area (Å²) < 4.78 is 23.7. The summed E-state index contributed by atoms with van der Waals surface area (Å²) in [6.07, 6.45) is 1.70. The Bertz CT molecular complexity index is 2280. The molecule has 2 saturated heterocycles. The number of carbonyl (C=O) groups is 4. The number of carbonyl (C=O) groups excluding carboxylic acids is 3. The minimum atomic E-state index is -2.34. The van der Waals surface area contributed by atoms with Gasteiger partial charge in [-0.05, 0) is 69.2 Å². The van der Waals surface area contributed by atoms with Gasteiger partial charge in [0.2, 0.25) is 0 Å². The summed E-state index contributed by atoms with van der Waals surface area (Å²) >= 11 is 0. The van der Waals surface area contributed by atoms with E-state index >= 15 is 0 Å². The number of hydrogen-bond donors (Lipinski definition) is 13. The fraction of sp³-hybridized carbons (Fsp3) is 0.586. The van der Waals surface area contributed by atoms with Crippen LogP contribution in [0, 0.1) is 17.8 Å². The molecule has 0 aromatic heterocycles. The number of benzene rings is 1. The molecule has 79 heavy (non-hydrogen) atoms. The first kappa shape index (κ1) is 66.4. The summed E-state index contributed by atoms with van der Waals surface area (Å²) in [4.78, 5) is 51.6. The first-order chi connectivity index (χ1) is 37.3. The number of allylic oxidation sites excluding steroid dienone is 12. The standard InChI is InChI=1S/C58H84N2O19/c1-34-16-14-12-10-8-6-4-5-7-9-11-13-15-17-46(77-57-54(72)52(60)53(71)36(3)76-57)31-49-51(56(73)74)48(69)33-58(75,79-49)32-45(67)28-43(65)26-41(63)24-40(62)25-42(64)27-44(66)30-50(70)78-55(34)35(2)18-23-39(61)29-47(68)37-19-21-38(59)22-20-37/h4-17,19-22,34-36,39-41,43-46,48-49,51-55,57,61-63,65-67,69,71-72,75H,18,23-33,59-60H2,1-3H3,(H,73,74)/t34-,35+,36-,39-,40-,41-,43+,44-,45+,46-,48-,49-,51+,52-,53-,54-,55+,57+,58-/m0/s1. The Morgan fingerprint density at radius 2 is 1.25 bits per heavy atom. The maximum absolute atomic E-state index is 13.3. The second-order valence-corrected chi connectivity index (χ2v) is 21.2. The zero-order chi connectivity index (χ0) is 58.4. The predicted octanol–water partition coefficient (Wildman–Crippen LogP) is 2.29. The van der Waals surface area contributed by atoms with Crippen molar-refractivity contribution in [2.45, 2.75) is 195 Å². The molecule has 21 nitrogen and oxygen atoms in total. The van der Waals surface area contributed by atoms with Gasteiger partial charge < -0.3 is 86.6 Å². The van der Waals surface area contributed by atoms with Crippen LogP contribution in [-0.2, 0) is 33.3 Å². The van der Waals surface area contributed by atoms with Gasteiger partial charge in [0.1, 0.15) is 23.9 Å². The van der Waals surface area contributed by atoms with Crippen LogP contribution in [0.4, 0.5) is 5.69 Å². The molecule has 19 atom stereocenters. The lowest BCUT2D eigenvalue weighted by molar-refractivity contribution is -0.308. The van der Waals surface area contributed by atoms with Crippen LogP contribution in [0.1, 0.15) is 108 Å². The van der Waals surface area contributed by atoms with Gasteiger partial charge >= 0.3 is 11.9 Å². The molecule has 21 heteroatoms. The highest BCUT2D eigenvalue weighted by Gasteiger charge is 2.51. The molecule has 0 radical (unpaired) electrons. The van der Waals surface area contributed by atoms with Crippen LogP contribution in [0.2, 0.25) is 0 Å². The molecule has 0 aliphatic carbocycles. The highest BCUT2D eigenvalue weighted by molar-refractivity contribution is 5.96. The lowest BCUT2D eigenvalue weighted by Crippen LogP contribution is -2.61. The fourth-order valence-corrected chi connectivity index (χ4v) is 9.90. The van der Waals surface area contributed by atoms with E-state index in [2.05, 4.69) is 0 Å². The van der Waals surface area contributed by atoms with Gasteiger partial charge in [0.05, 0.1) is 79.6 Å². The molecule has 0 amide bonds. The summed E-state index contributed by atoms with van der Waals surface area (Å²) in [5.74, 6) is -7.81. The van der Waals surface area contributed by atoms with Gasteiger partial charge in [0.15, 0.2) is 17.9 Å². The van der Waals surface area contributed by atoms with Gasteiger partial charge in [0, 0.05) is 55.7 Å². The quantitative estimate of drug-likeness (QED) is 0.0908. The van der Waals surface area contributed by atoms with Crippen LogP contribution in [0.25, 0.3) is 0 Å². The Morgan fingerprint density at radius 1 is 0.709 bits per heavy atom. The van der Waals surface area contributed by atoms with Crippen molar-refractivity contribution >= 4 is 29.2 Å². The molecule has 440 valence electrons. The summed E-state index contributed by atoms with van der Waals surface area (Å²) in [5.41, 5.74) is 12.7. The first-order valence-electron chi connectivity index (χ1n) is 26.9. The van der Waals surface area contributed by atoms with Crippen LogP contribution < -0.4 is 11.5 Å². The van der Waals surface area contributed by atoms with Gasteiger partial charge in [-0.3, -0.25) is 19.2 Å². The van der Waals surface area contributed by atoms with Gasteiger partial charge in [-0.25, -0.2) is 0 Å². The van der Waals surface area contributed by atoms with Gasteiger partial charge in [-0.15, -0.1) is 0 Å². The van der Waals surface area contributed by atoms with E-state index in [9.17, 15) is 75.3 Å². The van der Waals surface area contributed by atoms with Crippen molar-refractivity contribution in [2.24, 2.45) is 23.5 Å². The van der Waals surface area contributed by atoms with Gasteiger partial charge in [-0.2, -0.15) is 0 Å². The van der Waals surface area contributed by atoms with E-state index in [1.54, 1.807) is 97.2 Å². The van der Waals surface area contributed by atoms with E-state index in [0.29, 0.717) is 17.7 Å². The van der Waals surface area contributed by atoms with E-state index in [0.717, 1.165) is 0 Å². The first-order valence-corrected chi connectivity index (χ1v) is 26.9. The van der Waals surface area contributed by atoms with Crippen molar-refractivity contribution in [3.05, 3.63) is 115 Å². The van der Waals surface area contributed by atoms with Crippen LogP contribution in [0.5, 0.6) is 0 Å². The lowest BCUT2D eigenvalue weighted by atomic mass is 9.82. The summed E-state index contributed by atoms with van der Waals surface area (Å²) in [6, 6.07) is 5.21. The van der Waals surface area contributed by atoms with Crippen LogP contribution in [0.15, 0.2) is 109 Å². The number of aliphatic hydroxyl groups is 10. The number of carboxylic acids is 1. The van der Waals surface area contributed by atoms with Crippen LogP contribution in [0.3, 0.4) is 0 Å². The smallest absolute Gasteiger partial charge is 0.311 e.